The zero-order chi connectivity index (χ0) is 15.8. The Bertz CT molecular complexity index is 638. The second-order valence-electron chi connectivity index (χ2n) is 4.58. The van der Waals surface area contributed by atoms with Gasteiger partial charge < -0.3 is 5.11 Å². The van der Waals surface area contributed by atoms with E-state index >= 15 is 0 Å². The molecule has 0 aromatic carbocycles. The van der Waals surface area contributed by atoms with Gasteiger partial charge in [0, 0.05) is 6.54 Å². The molecule has 0 aliphatic carbocycles. The van der Waals surface area contributed by atoms with Crippen LogP contribution in [0.3, 0.4) is 0 Å². The predicted molar refractivity (Wildman–Crippen MR) is 68.5 cm³/mol. The molecule has 1 unspecified atom stereocenters. The highest BCUT2D eigenvalue weighted by Gasteiger charge is 2.40. The number of rotatable bonds is 3. The molecule has 5 nitrogen and oxygen atoms in total. The predicted octanol–water partition coefficient (Wildman–Crippen LogP) is 2.39. The molecule has 21 heavy (non-hydrogen) atoms. The van der Waals surface area contributed by atoms with E-state index in [-0.39, 0.29) is 24.3 Å². The van der Waals surface area contributed by atoms with Crippen molar-refractivity contribution in [3.05, 3.63) is 17.0 Å². The molecule has 1 aliphatic rings. The Hall–Kier alpha value is -1.13. The Labute approximate surface area is 123 Å². The highest BCUT2D eigenvalue weighted by Crippen LogP contribution is 2.37. The number of halogens is 3. The summed E-state index contributed by atoms with van der Waals surface area (Å²) in [4.78, 5) is 10.1. The van der Waals surface area contributed by atoms with Gasteiger partial charge in [0.2, 0.25) is 0 Å². The third-order valence-electron chi connectivity index (χ3n) is 3.16. The van der Waals surface area contributed by atoms with Crippen LogP contribution in [0.4, 0.5) is 13.2 Å². The highest BCUT2D eigenvalue weighted by atomic mass is 32.2. The number of hydrogen-bond acceptors (Lipinski definition) is 4. The lowest BCUT2D eigenvalue weighted by Crippen LogP contribution is -2.47. The number of carbonyl (C=O) groups is 1. The van der Waals surface area contributed by atoms with E-state index in [1.54, 1.807) is 0 Å². The molecule has 2 heterocycles. The Balaban J connectivity index is 2.36. The molecule has 0 spiro atoms. The van der Waals surface area contributed by atoms with Crippen molar-refractivity contribution in [3.63, 3.8) is 0 Å². The molecule has 1 N–H and O–H groups in total. The van der Waals surface area contributed by atoms with Gasteiger partial charge in [0.1, 0.15) is 15.1 Å². The van der Waals surface area contributed by atoms with Crippen LogP contribution in [0.5, 0.6) is 0 Å². The van der Waals surface area contributed by atoms with Crippen LogP contribution >= 0.6 is 11.3 Å². The summed E-state index contributed by atoms with van der Waals surface area (Å²) in [6.45, 7) is -0.00144. The number of carboxylic acid groups (broad SMARTS) is 1. The Morgan fingerprint density at radius 3 is 2.52 bits per heavy atom. The van der Waals surface area contributed by atoms with E-state index in [1.807, 2.05) is 0 Å². The van der Waals surface area contributed by atoms with Crippen LogP contribution in [0.15, 0.2) is 16.3 Å². The summed E-state index contributed by atoms with van der Waals surface area (Å²) < 4.78 is 62.6. The van der Waals surface area contributed by atoms with E-state index < -0.39 is 37.3 Å². The van der Waals surface area contributed by atoms with Gasteiger partial charge in [0.15, 0.2) is 0 Å². The van der Waals surface area contributed by atoms with Gasteiger partial charge in [0.05, 0.1) is 0 Å². The average molecular weight is 343 g/mol. The van der Waals surface area contributed by atoms with Crippen LogP contribution in [-0.4, -0.2) is 36.4 Å². The Morgan fingerprint density at radius 2 is 2.00 bits per heavy atom. The Kier molecular flexibility index (Phi) is 4.31. The summed E-state index contributed by atoms with van der Waals surface area (Å²) in [7, 11) is -4.22. The largest absolute Gasteiger partial charge is 0.480 e. The second kappa shape index (κ2) is 5.58. The van der Waals surface area contributed by atoms with E-state index in [1.165, 1.54) is 0 Å². The van der Waals surface area contributed by atoms with Crippen molar-refractivity contribution >= 4 is 27.3 Å². The summed E-state index contributed by atoms with van der Waals surface area (Å²) in [5.74, 6) is -1.29. The van der Waals surface area contributed by atoms with Crippen LogP contribution in [-0.2, 0) is 21.0 Å². The fraction of sp³-hybridized carbons (Fsp3) is 0.545. The number of alkyl halides is 3. The van der Waals surface area contributed by atoms with Crippen LogP contribution in [0, 0.1) is 0 Å². The summed E-state index contributed by atoms with van der Waals surface area (Å²) in [6.07, 6.45) is -3.40. The first kappa shape index (κ1) is 16.2. The molecule has 118 valence electrons. The third-order valence-corrected chi connectivity index (χ3v) is 6.67. The first-order valence-corrected chi connectivity index (χ1v) is 8.31. The maximum absolute atomic E-state index is 12.5. The average Bonchev–Trinajstić information content (AvgIpc) is 2.88. The van der Waals surface area contributed by atoms with E-state index in [9.17, 15) is 26.4 Å². The molecule has 1 saturated heterocycles. The summed E-state index contributed by atoms with van der Waals surface area (Å²) in [6, 6.07) is 0.341. The molecule has 1 aliphatic heterocycles. The molecule has 0 amide bonds. The maximum Gasteiger partial charge on any atom is 0.425 e. The summed E-state index contributed by atoms with van der Waals surface area (Å²) in [5.41, 5.74) is 0. The van der Waals surface area contributed by atoms with Crippen LogP contribution in [0.1, 0.15) is 24.1 Å². The van der Waals surface area contributed by atoms with Crippen LogP contribution < -0.4 is 0 Å². The van der Waals surface area contributed by atoms with Gasteiger partial charge in [-0.05, 0) is 31.4 Å². The smallest absolute Gasteiger partial charge is 0.425 e. The lowest BCUT2D eigenvalue weighted by Gasteiger charge is -2.31. The number of sulfonamides is 1. The lowest BCUT2D eigenvalue weighted by atomic mass is 10.1. The molecule has 1 atom stereocenters. The van der Waals surface area contributed by atoms with Gasteiger partial charge in [-0.2, -0.15) is 17.5 Å². The van der Waals surface area contributed by atoms with Gasteiger partial charge in [-0.3, -0.25) is 4.79 Å². The fourth-order valence-corrected chi connectivity index (χ4v) is 5.12. The number of hydrogen-bond donors (Lipinski definition) is 1. The Morgan fingerprint density at radius 1 is 1.33 bits per heavy atom. The van der Waals surface area contributed by atoms with Crippen molar-refractivity contribution in [1.82, 2.24) is 4.31 Å². The van der Waals surface area contributed by atoms with Crippen molar-refractivity contribution in [3.8, 4) is 0 Å². The van der Waals surface area contributed by atoms with Crippen molar-refractivity contribution in [2.24, 2.45) is 0 Å². The topological polar surface area (TPSA) is 74.7 Å². The van der Waals surface area contributed by atoms with Crippen molar-refractivity contribution < 1.29 is 31.5 Å². The zero-order valence-corrected chi connectivity index (χ0v) is 12.3. The minimum Gasteiger partial charge on any atom is -0.480 e. The van der Waals surface area contributed by atoms with Gasteiger partial charge in [-0.1, -0.05) is 0 Å². The molecule has 2 rings (SSSR count). The molecule has 1 fully saturated rings. The summed E-state index contributed by atoms with van der Waals surface area (Å²) in [5, 5.41) is 9.07. The highest BCUT2D eigenvalue weighted by molar-refractivity contribution is 7.91. The van der Waals surface area contributed by atoms with Gasteiger partial charge >= 0.3 is 12.1 Å². The third kappa shape index (κ3) is 3.22. The first-order chi connectivity index (χ1) is 9.64. The van der Waals surface area contributed by atoms with E-state index in [0.717, 1.165) is 10.4 Å². The minimum atomic E-state index is -4.62. The van der Waals surface area contributed by atoms with E-state index in [4.69, 9.17) is 5.11 Å². The molecule has 10 heteroatoms. The van der Waals surface area contributed by atoms with Gasteiger partial charge in [0.25, 0.3) is 10.0 Å². The number of nitrogens with zero attached hydrogens (tertiary/aromatic N) is 1. The van der Waals surface area contributed by atoms with Crippen molar-refractivity contribution in [2.45, 2.75) is 35.7 Å². The zero-order valence-electron chi connectivity index (χ0n) is 10.6. The normalized spacial score (nSPS) is 21.4. The van der Waals surface area contributed by atoms with Crippen LogP contribution in [0.2, 0.25) is 0 Å². The van der Waals surface area contributed by atoms with E-state index in [2.05, 4.69) is 0 Å². The fourth-order valence-electron chi connectivity index (χ4n) is 2.17. The van der Waals surface area contributed by atoms with Crippen LogP contribution in [0.25, 0.3) is 0 Å². The van der Waals surface area contributed by atoms with Crippen molar-refractivity contribution in [1.29, 1.82) is 0 Å². The molecule has 0 saturated carbocycles. The maximum atomic E-state index is 12.5. The standard InChI is InChI=1S/C11H12F3NO4S2/c12-11(13,14)8-4-5-9(20-8)21(18,19)15-6-2-1-3-7(15)10(16)17/h4-5,7H,1-3,6H2,(H,16,17). The number of carboxylic acids is 1. The molecule has 0 bridgehead atoms. The SMILES string of the molecule is O=C(O)C1CCCCN1S(=O)(=O)c1ccc(C(F)(F)F)s1. The second-order valence-corrected chi connectivity index (χ2v) is 7.78. The first-order valence-electron chi connectivity index (χ1n) is 6.05. The summed E-state index contributed by atoms with van der Waals surface area (Å²) >= 11 is 0.107. The number of thiophene rings is 1. The molecular weight excluding hydrogens is 331 g/mol. The van der Waals surface area contributed by atoms with Gasteiger partial charge in [-0.15, -0.1) is 11.3 Å². The van der Waals surface area contributed by atoms with E-state index in [0.29, 0.717) is 18.9 Å². The molecular formula is C11H12F3NO4S2. The van der Waals surface area contributed by atoms with Crippen molar-refractivity contribution in [2.75, 3.05) is 6.54 Å². The minimum absolute atomic E-state index is 0.00144. The lowest BCUT2D eigenvalue weighted by molar-refractivity contribution is -0.142. The van der Waals surface area contributed by atoms with Gasteiger partial charge in [-0.25, -0.2) is 8.42 Å². The quantitative estimate of drug-likeness (QED) is 0.914. The molecule has 1 aromatic heterocycles. The molecule has 0 radical (unpaired) electrons. The monoisotopic (exact) mass is 343 g/mol. The number of piperidine rings is 1. The molecule has 1 aromatic rings. The number of aliphatic carboxylic acids is 1.